The first-order valence-corrected chi connectivity index (χ1v) is 13.7. The second-order valence-corrected chi connectivity index (χ2v) is 11.1. The molecule has 2 aromatic carbocycles. The molecule has 3 aromatic heterocycles. The molecule has 0 amide bonds. The van der Waals surface area contributed by atoms with Crippen LogP contribution in [0.2, 0.25) is 5.02 Å². The van der Waals surface area contributed by atoms with Crippen LogP contribution < -0.4 is 10.6 Å². The number of halogens is 1. The van der Waals surface area contributed by atoms with E-state index in [1.165, 1.54) is 6.20 Å². The lowest BCUT2D eigenvalue weighted by Gasteiger charge is -2.32. The fraction of sp³-hybridized carbons (Fsp3) is 0.258. The molecule has 0 fully saturated rings. The molecule has 0 aliphatic carbocycles. The number of nitriles is 1. The molecule has 0 bridgehead atoms. The van der Waals surface area contributed by atoms with Crippen molar-refractivity contribution in [3.63, 3.8) is 0 Å². The highest BCUT2D eigenvalue weighted by Crippen LogP contribution is 2.38. The van der Waals surface area contributed by atoms with Crippen molar-refractivity contribution in [1.29, 1.82) is 5.26 Å². The second-order valence-electron chi connectivity index (χ2n) is 10.7. The van der Waals surface area contributed by atoms with Gasteiger partial charge < -0.3 is 15.7 Å². The molecule has 10 heteroatoms. The van der Waals surface area contributed by atoms with Crippen molar-refractivity contribution >= 4 is 33.9 Å². The number of hydrogen-bond donors (Lipinski definition) is 3. The van der Waals surface area contributed by atoms with Crippen molar-refractivity contribution in [3.8, 4) is 6.07 Å². The molecule has 2 unspecified atom stereocenters. The van der Waals surface area contributed by atoms with E-state index < -0.39 is 11.6 Å². The summed E-state index contributed by atoms with van der Waals surface area (Å²) >= 11 is 6.79. The van der Waals surface area contributed by atoms with Crippen molar-refractivity contribution in [1.82, 2.24) is 25.0 Å². The minimum Gasteiger partial charge on any atom is -0.388 e. The van der Waals surface area contributed by atoms with E-state index in [-0.39, 0.29) is 12.1 Å². The third-order valence-electron chi connectivity index (χ3n) is 6.85. The van der Waals surface area contributed by atoms with E-state index in [2.05, 4.69) is 37.0 Å². The normalized spacial score (nSPS) is 13.1. The van der Waals surface area contributed by atoms with Crippen LogP contribution in [0.5, 0.6) is 0 Å². The van der Waals surface area contributed by atoms with Crippen LogP contribution in [0.3, 0.4) is 0 Å². The summed E-state index contributed by atoms with van der Waals surface area (Å²) in [7, 11) is 0. The summed E-state index contributed by atoms with van der Waals surface area (Å²) in [4.78, 5) is 8.80. The molecule has 0 saturated carbocycles. The van der Waals surface area contributed by atoms with Gasteiger partial charge >= 0.3 is 0 Å². The number of pyridine rings is 2. The molecule has 5 rings (SSSR count). The summed E-state index contributed by atoms with van der Waals surface area (Å²) in [6.45, 7) is 7.54. The summed E-state index contributed by atoms with van der Waals surface area (Å²) in [6.07, 6.45) is 6.91. The molecular formula is C31H31ClN8O. The first-order valence-electron chi connectivity index (χ1n) is 13.3. The topological polar surface area (TPSA) is 125 Å². The molecule has 3 N–H and O–H groups in total. The van der Waals surface area contributed by atoms with Gasteiger partial charge in [-0.05, 0) is 57.0 Å². The van der Waals surface area contributed by atoms with Crippen molar-refractivity contribution in [2.75, 3.05) is 10.6 Å². The number of aromatic nitrogens is 5. The summed E-state index contributed by atoms with van der Waals surface area (Å²) in [5.74, 6) is 0. The molecule has 3 heterocycles. The van der Waals surface area contributed by atoms with Gasteiger partial charge in [0, 0.05) is 35.7 Å². The Morgan fingerprint density at radius 2 is 1.78 bits per heavy atom. The van der Waals surface area contributed by atoms with Gasteiger partial charge in [0.1, 0.15) is 11.8 Å². The maximum Gasteiger partial charge on any atom is 0.110 e. The van der Waals surface area contributed by atoms with Gasteiger partial charge in [0.2, 0.25) is 0 Å². The standard InChI is InChI=1S/C31H31ClN8O/c1-19(2)40-18-26(38-39-40)28(21-11-8-12-34-16-21)36-23-13-24-27(22(15-33)17-35-29(24)25(32)14-23)37-30(31(3,4)41)20-9-6-5-7-10-20/h5-14,16-19,28,30,36,41H,1-4H3,(H,35,37). The van der Waals surface area contributed by atoms with Crippen molar-refractivity contribution in [2.24, 2.45) is 0 Å². The fourth-order valence-electron chi connectivity index (χ4n) is 4.76. The molecule has 9 nitrogen and oxygen atoms in total. The Hall–Kier alpha value is -4.52. The number of nitrogens with zero attached hydrogens (tertiary/aromatic N) is 6. The van der Waals surface area contributed by atoms with Crippen LogP contribution in [0.1, 0.15) is 68.2 Å². The highest BCUT2D eigenvalue weighted by molar-refractivity contribution is 6.35. The van der Waals surface area contributed by atoms with E-state index in [1.54, 1.807) is 37.0 Å². The van der Waals surface area contributed by atoms with E-state index in [9.17, 15) is 10.4 Å². The van der Waals surface area contributed by atoms with E-state index in [1.807, 2.05) is 68.6 Å². The molecule has 0 aliphatic rings. The number of aliphatic hydroxyl groups is 1. The first-order chi connectivity index (χ1) is 19.7. The maximum absolute atomic E-state index is 11.1. The van der Waals surface area contributed by atoms with Crippen LogP contribution >= 0.6 is 11.6 Å². The largest absolute Gasteiger partial charge is 0.388 e. The minimum atomic E-state index is -1.16. The molecule has 208 valence electrons. The SMILES string of the molecule is CC(C)n1cc(C(Nc2cc(Cl)c3ncc(C#N)c(NC(c4ccccc4)C(C)(C)O)c3c2)c2cccnc2)nn1. The smallest absolute Gasteiger partial charge is 0.110 e. The summed E-state index contributed by atoms with van der Waals surface area (Å²) < 4.78 is 1.80. The van der Waals surface area contributed by atoms with Crippen molar-refractivity contribution < 1.29 is 5.11 Å². The Kier molecular flexibility index (Phi) is 7.88. The summed E-state index contributed by atoms with van der Waals surface area (Å²) in [5.41, 5.74) is 3.42. The molecule has 0 spiro atoms. The number of hydrogen-bond acceptors (Lipinski definition) is 8. The Bertz CT molecular complexity index is 1690. The average Bonchev–Trinajstić information content (AvgIpc) is 3.45. The van der Waals surface area contributed by atoms with Gasteiger partial charge in [-0.15, -0.1) is 5.10 Å². The zero-order chi connectivity index (χ0) is 29.1. The van der Waals surface area contributed by atoms with Gasteiger partial charge in [-0.2, -0.15) is 5.26 Å². The van der Waals surface area contributed by atoms with Gasteiger partial charge in [-0.25, -0.2) is 4.68 Å². The molecule has 0 aliphatic heterocycles. The zero-order valence-electron chi connectivity index (χ0n) is 23.2. The monoisotopic (exact) mass is 566 g/mol. The number of rotatable bonds is 9. The lowest BCUT2D eigenvalue weighted by molar-refractivity contribution is 0.0589. The Morgan fingerprint density at radius 3 is 2.41 bits per heavy atom. The lowest BCUT2D eigenvalue weighted by atomic mass is 9.91. The van der Waals surface area contributed by atoms with Gasteiger partial charge in [0.05, 0.1) is 45.7 Å². The van der Waals surface area contributed by atoms with Crippen LogP contribution in [0.15, 0.2) is 79.4 Å². The molecular weight excluding hydrogens is 536 g/mol. The first kappa shape index (κ1) is 28.0. The fourth-order valence-corrected chi connectivity index (χ4v) is 5.03. The highest BCUT2D eigenvalue weighted by Gasteiger charge is 2.30. The Balaban J connectivity index is 1.62. The average molecular weight is 567 g/mol. The molecule has 5 aromatic rings. The van der Waals surface area contributed by atoms with E-state index in [0.717, 1.165) is 16.8 Å². The van der Waals surface area contributed by atoms with Crippen LogP contribution in [-0.2, 0) is 0 Å². The molecule has 2 atom stereocenters. The highest BCUT2D eigenvalue weighted by atomic mass is 35.5. The summed E-state index contributed by atoms with van der Waals surface area (Å²) in [5, 5.41) is 37.9. The van der Waals surface area contributed by atoms with Crippen LogP contribution in [0.25, 0.3) is 10.9 Å². The van der Waals surface area contributed by atoms with Crippen LogP contribution in [0, 0.1) is 11.3 Å². The third-order valence-corrected chi connectivity index (χ3v) is 7.14. The van der Waals surface area contributed by atoms with Crippen molar-refractivity contribution in [3.05, 3.63) is 107 Å². The number of benzene rings is 2. The zero-order valence-corrected chi connectivity index (χ0v) is 24.0. The summed E-state index contributed by atoms with van der Waals surface area (Å²) in [6, 6.07) is 18.7. The Labute approximate surface area is 243 Å². The van der Waals surface area contributed by atoms with Crippen LogP contribution in [-0.4, -0.2) is 35.7 Å². The van der Waals surface area contributed by atoms with Gasteiger partial charge in [-0.1, -0.05) is 53.2 Å². The number of nitrogens with one attached hydrogen (secondary N) is 2. The Morgan fingerprint density at radius 1 is 1.02 bits per heavy atom. The van der Waals surface area contributed by atoms with Crippen molar-refractivity contribution in [2.45, 2.75) is 51.4 Å². The predicted molar refractivity (Wildman–Crippen MR) is 161 cm³/mol. The van der Waals surface area contributed by atoms with E-state index in [4.69, 9.17) is 11.6 Å². The number of fused-ring (bicyclic) bond motifs is 1. The number of anilines is 2. The molecule has 41 heavy (non-hydrogen) atoms. The quantitative estimate of drug-likeness (QED) is 0.186. The lowest BCUT2D eigenvalue weighted by Crippen LogP contribution is -2.34. The van der Waals surface area contributed by atoms with Gasteiger partial charge in [0.15, 0.2) is 0 Å². The van der Waals surface area contributed by atoms with E-state index >= 15 is 0 Å². The molecule has 0 saturated heterocycles. The van der Waals surface area contributed by atoms with Gasteiger partial charge in [0.25, 0.3) is 0 Å². The minimum absolute atomic E-state index is 0.151. The molecule has 0 radical (unpaired) electrons. The third kappa shape index (κ3) is 5.99. The second kappa shape index (κ2) is 11.5. The van der Waals surface area contributed by atoms with Crippen LogP contribution in [0.4, 0.5) is 11.4 Å². The van der Waals surface area contributed by atoms with Gasteiger partial charge in [-0.3, -0.25) is 9.97 Å². The maximum atomic E-state index is 11.1. The predicted octanol–water partition coefficient (Wildman–Crippen LogP) is 6.45. The van der Waals surface area contributed by atoms with E-state index in [0.29, 0.717) is 32.9 Å².